The number of pyridine rings is 2. The number of rotatable bonds is 7. The molecule has 0 bridgehead atoms. The Morgan fingerprint density at radius 3 is 2.49 bits per heavy atom. The molecule has 0 radical (unpaired) electrons. The van der Waals surface area contributed by atoms with E-state index in [1.54, 1.807) is 48.5 Å². The summed E-state index contributed by atoms with van der Waals surface area (Å²) in [6.07, 6.45) is -6.66. The van der Waals surface area contributed by atoms with Gasteiger partial charge in [-0.3, -0.25) is 4.79 Å². The molecule has 2 atom stereocenters. The van der Waals surface area contributed by atoms with Gasteiger partial charge in [-0.05, 0) is 35.9 Å². The number of carboxylic acid groups (broad SMARTS) is 1. The number of fused-ring (bicyclic) bond motifs is 1. The van der Waals surface area contributed by atoms with Gasteiger partial charge in [0.05, 0.1) is 17.6 Å². The monoisotopic (exact) mass is 567 g/mol. The molecule has 2 aromatic heterocycles. The van der Waals surface area contributed by atoms with Crippen LogP contribution < -0.4 is 9.84 Å². The highest BCUT2D eigenvalue weighted by atomic mass is 19.4. The normalized spacial score (nSPS) is 17.0. The molecule has 0 saturated carbocycles. The predicted octanol–water partition coefficient (Wildman–Crippen LogP) is 4.70. The fraction of sp³-hybridized carbons (Fsp3) is 0.241. The second-order valence-corrected chi connectivity index (χ2v) is 9.65. The van der Waals surface area contributed by atoms with Crippen LogP contribution in [0.25, 0.3) is 10.9 Å². The van der Waals surface area contributed by atoms with Gasteiger partial charge in [-0.2, -0.15) is 13.2 Å². The highest BCUT2D eigenvalue weighted by Gasteiger charge is 2.37. The van der Waals surface area contributed by atoms with E-state index in [0.29, 0.717) is 22.8 Å². The standard InChI is InChI=1S/C29H24F4N4O4/c30-23-17-36(15-20(23)16-37(28(39)40)14-18-4-2-1-3-5-18)27(38)25-9-6-19-12-22(8-10-24(19)35-25)41-26-11-7-21(13-34-26)29(31,32)33/h1-13,20,23H,14-17H2,(H,39,40)/p-1. The molecule has 41 heavy (non-hydrogen) atoms. The third-order valence-electron chi connectivity index (χ3n) is 6.74. The van der Waals surface area contributed by atoms with E-state index >= 15 is 0 Å². The fourth-order valence-corrected chi connectivity index (χ4v) is 4.64. The number of hydrogen-bond donors (Lipinski definition) is 0. The van der Waals surface area contributed by atoms with E-state index in [9.17, 15) is 32.3 Å². The van der Waals surface area contributed by atoms with Crippen LogP contribution in [0, 0.1) is 5.92 Å². The minimum Gasteiger partial charge on any atom is -0.530 e. The maximum atomic E-state index is 14.9. The maximum absolute atomic E-state index is 14.9. The molecule has 0 spiro atoms. The zero-order valence-electron chi connectivity index (χ0n) is 21.4. The molecule has 2 aromatic carbocycles. The second-order valence-electron chi connectivity index (χ2n) is 9.65. The van der Waals surface area contributed by atoms with Gasteiger partial charge in [0, 0.05) is 43.2 Å². The first kappa shape index (κ1) is 27.8. The first-order valence-electron chi connectivity index (χ1n) is 12.6. The zero-order chi connectivity index (χ0) is 29.1. The smallest absolute Gasteiger partial charge is 0.417 e. The quantitative estimate of drug-likeness (QED) is 0.301. The number of carbonyl (C=O) groups excluding carboxylic acids is 2. The van der Waals surface area contributed by atoms with Gasteiger partial charge in [0.2, 0.25) is 5.88 Å². The summed E-state index contributed by atoms with van der Waals surface area (Å²) < 4.78 is 58.7. The third-order valence-corrected chi connectivity index (χ3v) is 6.74. The van der Waals surface area contributed by atoms with Crippen LogP contribution in [0.5, 0.6) is 11.6 Å². The lowest BCUT2D eigenvalue weighted by molar-refractivity contribution is -0.267. The molecule has 0 aliphatic carbocycles. The van der Waals surface area contributed by atoms with E-state index in [4.69, 9.17) is 4.74 Å². The van der Waals surface area contributed by atoms with Crippen molar-refractivity contribution in [1.82, 2.24) is 19.8 Å². The highest BCUT2D eigenvalue weighted by Crippen LogP contribution is 2.31. The van der Waals surface area contributed by atoms with E-state index < -0.39 is 35.8 Å². The molecule has 8 nitrogen and oxygen atoms in total. The first-order chi connectivity index (χ1) is 19.6. The number of carbonyl (C=O) groups is 2. The van der Waals surface area contributed by atoms with Crippen molar-refractivity contribution >= 4 is 22.9 Å². The summed E-state index contributed by atoms with van der Waals surface area (Å²) in [7, 11) is 0. The van der Waals surface area contributed by atoms with Gasteiger partial charge >= 0.3 is 6.18 Å². The molecule has 1 aliphatic heterocycles. The Kier molecular flexibility index (Phi) is 7.73. The van der Waals surface area contributed by atoms with Gasteiger partial charge < -0.3 is 24.4 Å². The number of ether oxygens (including phenoxy) is 1. The minimum atomic E-state index is -4.50. The Bertz CT molecular complexity index is 1550. The van der Waals surface area contributed by atoms with Gasteiger partial charge in [-0.15, -0.1) is 0 Å². The van der Waals surface area contributed by atoms with E-state index in [-0.39, 0.29) is 37.8 Å². The molecule has 212 valence electrons. The van der Waals surface area contributed by atoms with E-state index in [1.807, 2.05) is 0 Å². The molecule has 4 aromatic rings. The molecule has 2 amide bonds. The van der Waals surface area contributed by atoms with Gasteiger partial charge in [0.15, 0.2) is 0 Å². The fourth-order valence-electron chi connectivity index (χ4n) is 4.64. The molecule has 2 unspecified atom stereocenters. The van der Waals surface area contributed by atoms with Gasteiger partial charge in [0.25, 0.3) is 5.91 Å². The van der Waals surface area contributed by atoms with Crippen molar-refractivity contribution in [2.24, 2.45) is 5.92 Å². The predicted molar refractivity (Wildman–Crippen MR) is 138 cm³/mol. The minimum absolute atomic E-state index is 0.0190. The van der Waals surface area contributed by atoms with Crippen LogP contribution in [-0.4, -0.2) is 57.6 Å². The molecule has 5 rings (SSSR count). The van der Waals surface area contributed by atoms with Gasteiger partial charge in [0.1, 0.15) is 23.7 Å². The van der Waals surface area contributed by atoms with E-state index in [1.165, 1.54) is 17.0 Å². The number of hydrogen-bond acceptors (Lipinski definition) is 6. The first-order valence-corrected chi connectivity index (χ1v) is 12.6. The van der Waals surface area contributed by atoms with Crippen molar-refractivity contribution in [3.8, 4) is 11.6 Å². The van der Waals surface area contributed by atoms with Crippen molar-refractivity contribution in [1.29, 1.82) is 0 Å². The largest absolute Gasteiger partial charge is 0.530 e. The summed E-state index contributed by atoms with van der Waals surface area (Å²) >= 11 is 0. The zero-order valence-corrected chi connectivity index (χ0v) is 21.4. The van der Waals surface area contributed by atoms with Crippen molar-refractivity contribution in [2.45, 2.75) is 18.9 Å². The van der Waals surface area contributed by atoms with Gasteiger partial charge in [-0.1, -0.05) is 36.4 Å². The van der Waals surface area contributed by atoms with Crippen LogP contribution in [0.4, 0.5) is 22.4 Å². The summed E-state index contributed by atoms with van der Waals surface area (Å²) in [5, 5.41) is 12.3. The number of alkyl halides is 4. The number of aromatic nitrogens is 2. The molecule has 3 heterocycles. The summed E-state index contributed by atoms with van der Waals surface area (Å²) in [4.78, 5) is 35.2. The van der Waals surface area contributed by atoms with Crippen LogP contribution in [0.15, 0.2) is 79.0 Å². The molecular formula is C29H23F4N4O4-. The molecule has 1 fully saturated rings. The van der Waals surface area contributed by atoms with Crippen molar-refractivity contribution in [3.05, 3.63) is 95.8 Å². The second kappa shape index (κ2) is 11.4. The molecule has 0 N–H and O–H groups in total. The highest BCUT2D eigenvalue weighted by molar-refractivity contribution is 5.95. The number of likely N-dealkylation sites (tertiary alicyclic amines) is 1. The molecule has 12 heteroatoms. The van der Waals surface area contributed by atoms with Crippen molar-refractivity contribution in [2.75, 3.05) is 19.6 Å². The Balaban J connectivity index is 1.24. The molecule has 1 saturated heterocycles. The van der Waals surface area contributed by atoms with Crippen molar-refractivity contribution < 1.29 is 37.0 Å². The summed E-state index contributed by atoms with van der Waals surface area (Å²) in [6.45, 7) is -0.245. The maximum Gasteiger partial charge on any atom is 0.417 e. The Morgan fingerprint density at radius 2 is 1.80 bits per heavy atom. The summed E-state index contributed by atoms with van der Waals surface area (Å²) in [5.74, 6) is -0.933. The Hall–Kier alpha value is -4.74. The number of benzene rings is 2. The summed E-state index contributed by atoms with van der Waals surface area (Å²) in [5.41, 5.74) is 0.380. The summed E-state index contributed by atoms with van der Waals surface area (Å²) in [6, 6.07) is 18.7. The lowest BCUT2D eigenvalue weighted by atomic mass is 10.1. The van der Waals surface area contributed by atoms with Crippen LogP contribution >= 0.6 is 0 Å². The van der Waals surface area contributed by atoms with Crippen LogP contribution in [0.1, 0.15) is 21.6 Å². The van der Waals surface area contributed by atoms with Gasteiger partial charge in [-0.25, -0.2) is 14.4 Å². The number of halogens is 4. The SMILES string of the molecule is O=C([O-])N(Cc1ccccc1)CC1CN(C(=O)c2ccc3cc(Oc4ccc(C(F)(F)F)cn4)ccc3n2)CC1F. The van der Waals surface area contributed by atoms with Crippen LogP contribution in [-0.2, 0) is 12.7 Å². The van der Waals surface area contributed by atoms with Crippen LogP contribution in [0.3, 0.4) is 0 Å². The average Bonchev–Trinajstić information content (AvgIpc) is 3.32. The average molecular weight is 568 g/mol. The van der Waals surface area contributed by atoms with E-state index in [2.05, 4.69) is 9.97 Å². The number of nitrogens with zero attached hydrogens (tertiary/aromatic N) is 4. The Morgan fingerprint density at radius 1 is 1.02 bits per heavy atom. The lowest BCUT2D eigenvalue weighted by Gasteiger charge is -2.28. The van der Waals surface area contributed by atoms with Crippen molar-refractivity contribution in [3.63, 3.8) is 0 Å². The van der Waals surface area contributed by atoms with E-state index in [0.717, 1.165) is 22.6 Å². The molecular weight excluding hydrogens is 544 g/mol. The lowest BCUT2D eigenvalue weighted by Crippen LogP contribution is -2.44. The third kappa shape index (κ3) is 6.53. The Labute approximate surface area is 231 Å². The topological polar surface area (TPSA) is 98.7 Å². The number of amides is 2. The van der Waals surface area contributed by atoms with Crippen LogP contribution in [0.2, 0.25) is 0 Å². The molecule has 1 aliphatic rings.